The van der Waals surface area contributed by atoms with Gasteiger partial charge in [0.2, 0.25) is 0 Å². The monoisotopic (exact) mass is 246 g/mol. The molecule has 0 aliphatic heterocycles. The van der Waals surface area contributed by atoms with E-state index in [9.17, 15) is 4.79 Å². The molecule has 17 heavy (non-hydrogen) atoms. The molecule has 0 aliphatic rings. The third-order valence-corrected chi connectivity index (χ3v) is 3.08. The van der Waals surface area contributed by atoms with Gasteiger partial charge in [-0.1, -0.05) is 5.21 Å². The molecule has 3 rings (SSSR count). The van der Waals surface area contributed by atoms with E-state index in [2.05, 4.69) is 15.3 Å². The highest BCUT2D eigenvalue weighted by Gasteiger charge is 2.09. The van der Waals surface area contributed by atoms with Crippen LogP contribution in [-0.4, -0.2) is 31.1 Å². The summed E-state index contributed by atoms with van der Waals surface area (Å²) in [6.45, 7) is 0. The predicted octanol–water partition coefficient (Wildman–Crippen LogP) is 1.58. The van der Waals surface area contributed by atoms with Crippen LogP contribution in [0.3, 0.4) is 0 Å². The summed E-state index contributed by atoms with van der Waals surface area (Å²) in [5.74, 6) is -1.09. The van der Waals surface area contributed by atoms with E-state index in [0.717, 1.165) is 15.9 Å². The van der Waals surface area contributed by atoms with Gasteiger partial charge in [-0.3, -0.25) is 0 Å². The van der Waals surface area contributed by atoms with Crippen LogP contribution in [0.5, 0.6) is 0 Å². The Morgan fingerprint density at radius 1 is 1.41 bits per heavy atom. The van der Waals surface area contributed by atoms with Crippen molar-refractivity contribution in [3.05, 3.63) is 35.6 Å². The number of carboxylic acid groups (broad SMARTS) is 1. The lowest BCUT2D eigenvalue weighted by Gasteiger charge is -1.98. The number of benzene rings is 1. The van der Waals surface area contributed by atoms with Crippen molar-refractivity contribution in [2.45, 2.75) is 0 Å². The zero-order valence-corrected chi connectivity index (χ0v) is 9.26. The topological polar surface area (TPSA) is 80.9 Å². The van der Waals surface area contributed by atoms with E-state index in [1.54, 1.807) is 5.51 Å². The van der Waals surface area contributed by atoms with Gasteiger partial charge in [0.1, 0.15) is 0 Å². The lowest BCUT2D eigenvalue weighted by Crippen LogP contribution is -1.95. The highest BCUT2D eigenvalue weighted by atomic mass is 32.1. The molecule has 84 valence electrons. The molecular weight excluding hydrogens is 240 g/mol. The first-order valence-corrected chi connectivity index (χ1v) is 5.61. The molecule has 2 heterocycles. The van der Waals surface area contributed by atoms with E-state index in [0.29, 0.717) is 0 Å². The Kier molecular flexibility index (Phi) is 2.12. The van der Waals surface area contributed by atoms with Gasteiger partial charge in [0.15, 0.2) is 5.69 Å². The number of rotatable bonds is 2. The van der Waals surface area contributed by atoms with Gasteiger partial charge in [-0.15, -0.1) is 16.4 Å². The van der Waals surface area contributed by atoms with Gasteiger partial charge in [0, 0.05) is 0 Å². The maximum Gasteiger partial charge on any atom is 0.358 e. The minimum absolute atomic E-state index is 0.0746. The highest BCUT2D eigenvalue weighted by Crippen LogP contribution is 2.20. The molecule has 0 unspecified atom stereocenters. The van der Waals surface area contributed by atoms with Crippen molar-refractivity contribution in [2.24, 2.45) is 0 Å². The average Bonchev–Trinajstić information content (AvgIpc) is 2.97. The van der Waals surface area contributed by atoms with E-state index < -0.39 is 5.97 Å². The molecule has 0 saturated heterocycles. The van der Waals surface area contributed by atoms with Gasteiger partial charge in [0.25, 0.3) is 0 Å². The highest BCUT2D eigenvalue weighted by molar-refractivity contribution is 7.16. The summed E-state index contributed by atoms with van der Waals surface area (Å²) in [6, 6.07) is 5.58. The number of hydrogen-bond acceptors (Lipinski definition) is 5. The number of aromatic carboxylic acids is 1. The van der Waals surface area contributed by atoms with Crippen molar-refractivity contribution in [3.8, 4) is 5.69 Å². The van der Waals surface area contributed by atoms with Crippen molar-refractivity contribution < 1.29 is 9.90 Å². The largest absolute Gasteiger partial charge is 0.476 e. The summed E-state index contributed by atoms with van der Waals surface area (Å²) >= 11 is 1.52. The van der Waals surface area contributed by atoms with Crippen LogP contribution in [0.15, 0.2) is 29.9 Å². The SMILES string of the molecule is O=C(O)c1cn(-c2ccc3ncsc3c2)nn1. The summed E-state index contributed by atoms with van der Waals surface area (Å²) in [7, 11) is 0. The van der Waals surface area contributed by atoms with Crippen LogP contribution in [-0.2, 0) is 0 Å². The predicted molar refractivity (Wildman–Crippen MR) is 61.5 cm³/mol. The maximum atomic E-state index is 10.7. The first kappa shape index (κ1) is 9.91. The Labute approximate surface area is 99.1 Å². The van der Waals surface area contributed by atoms with Crippen molar-refractivity contribution >= 4 is 27.5 Å². The Balaban J connectivity index is 2.09. The molecule has 2 aromatic heterocycles. The van der Waals surface area contributed by atoms with E-state index in [-0.39, 0.29) is 5.69 Å². The zero-order valence-electron chi connectivity index (χ0n) is 8.44. The minimum Gasteiger partial charge on any atom is -0.476 e. The lowest BCUT2D eigenvalue weighted by molar-refractivity contribution is 0.0690. The fraction of sp³-hybridized carbons (Fsp3) is 0. The van der Waals surface area contributed by atoms with Crippen LogP contribution in [0.25, 0.3) is 15.9 Å². The number of nitrogens with zero attached hydrogens (tertiary/aromatic N) is 4. The lowest BCUT2D eigenvalue weighted by atomic mass is 10.3. The van der Waals surface area contributed by atoms with E-state index in [1.165, 1.54) is 22.2 Å². The number of hydrogen-bond donors (Lipinski definition) is 1. The number of thiazole rings is 1. The standard InChI is InChI=1S/C10H6N4O2S/c15-10(16)8-4-14(13-12-8)6-1-2-7-9(3-6)17-5-11-7/h1-5H,(H,15,16). The van der Waals surface area contributed by atoms with Crippen molar-refractivity contribution in [1.82, 2.24) is 20.0 Å². The average molecular weight is 246 g/mol. The fourth-order valence-corrected chi connectivity index (χ4v) is 2.18. The van der Waals surface area contributed by atoms with Crippen LogP contribution >= 0.6 is 11.3 Å². The molecule has 0 spiro atoms. The molecule has 7 heteroatoms. The van der Waals surface area contributed by atoms with Gasteiger partial charge < -0.3 is 5.11 Å². The zero-order chi connectivity index (χ0) is 11.8. The Hall–Kier alpha value is -2.28. The van der Waals surface area contributed by atoms with Crippen LogP contribution < -0.4 is 0 Å². The van der Waals surface area contributed by atoms with Crippen molar-refractivity contribution in [2.75, 3.05) is 0 Å². The van der Waals surface area contributed by atoms with Gasteiger partial charge in [0.05, 0.1) is 27.6 Å². The Morgan fingerprint density at radius 2 is 2.29 bits per heavy atom. The third kappa shape index (κ3) is 1.66. The first-order chi connectivity index (χ1) is 8.24. The van der Waals surface area contributed by atoms with Gasteiger partial charge in [-0.2, -0.15) is 0 Å². The number of aromatic nitrogens is 4. The second-order valence-corrected chi connectivity index (χ2v) is 4.24. The van der Waals surface area contributed by atoms with Crippen LogP contribution in [0.1, 0.15) is 10.5 Å². The van der Waals surface area contributed by atoms with Crippen LogP contribution in [0.4, 0.5) is 0 Å². The second-order valence-electron chi connectivity index (χ2n) is 3.36. The third-order valence-electron chi connectivity index (χ3n) is 2.29. The number of fused-ring (bicyclic) bond motifs is 1. The molecule has 6 nitrogen and oxygen atoms in total. The van der Waals surface area contributed by atoms with E-state index in [4.69, 9.17) is 5.11 Å². The molecule has 0 aliphatic carbocycles. The molecule has 0 bridgehead atoms. The summed E-state index contributed by atoms with van der Waals surface area (Å²) in [5.41, 5.74) is 3.37. The second kappa shape index (κ2) is 3.63. The fourth-order valence-electron chi connectivity index (χ4n) is 1.47. The molecule has 0 radical (unpaired) electrons. The van der Waals surface area contributed by atoms with E-state index in [1.807, 2.05) is 18.2 Å². The molecule has 1 N–H and O–H groups in total. The van der Waals surface area contributed by atoms with Gasteiger partial charge >= 0.3 is 5.97 Å². The number of carboxylic acids is 1. The van der Waals surface area contributed by atoms with Gasteiger partial charge in [-0.25, -0.2) is 14.5 Å². The molecule has 1 aromatic carbocycles. The number of carbonyl (C=O) groups is 1. The van der Waals surface area contributed by atoms with Crippen molar-refractivity contribution in [3.63, 3.8) is 0 Å². The summed E-state index contributed by atoms with van der Waals surface area (Å²) in [5, 5.41) is 16.1. The van der Waals surface area contributed by atoms with Crippen molar-refractivity contribution in [1.29, 1.82) is 0 Å². The maximum absolute atomic E-state index is 10.7. The van der Waals surface area contributed by atoms with E-state index >= 15 is 0 Å². The minimum atomic E-state index is -1.09. The Bertz CT molecular complexity index is 703. The smallest absolute Gasteiger partial charge is 0.358 e. The van der Waals surface area contributed by atoms with Gasteiger partial charge in [-0.05, 0) is 18.2 Å². The Morgan fingerprint density at radius 3 is 3.06 bits per heavy atom. The van der Waals surface area contributed by atoms with Crippen LogP contribution in [0, 0.1) is 0 Å². The summed E-state index contributed by atoms with van der Waals surface area (Å²) in [4.78, 5) is 14.9. The molecule has 0 atom stereocenters. The molecule has 0 amide bonds. The molecule has 3 aromatic rings. The molecule has 0 saturated carbocycles. The first-order valence-electron chi connectivity index (χ1n) is 4.73. The molecular formula is C10H6N4O2S. The quantitative estimate of drug-likeness (QED) is 0.742. The summed E-state index contributed by atoms with van der Waals surface area (Å²) < 4.78 is 2.46. The summed E-state index contributed by atoms with van der Waals surface area (Å²) in [6.07, 6.45) is 1.38. The molecule has 0 fully saturated rings. The normalized spacial score (nSPS) is 10.8. The van der Waals surface area contributed by atoms with Crippen LogP contribution in [0.2, 0.25) is 0 Å².